The van der Waals surface area contributed by atoms with Gasteiger partial charge in [0.15, 0.2) is 0 Å². The van der Waals surface area contributed by atoms with Crippen LogP contribution in [0.15, 0.2) is 36.4 Å². The van der Waals surface area contributed by atoms with Gasteiger partial charge >= 0.3 is 0 Å². The summed E-state index contributed by atoms with van der Waals surface area (Å²) in [5.74, 6) is 6.80. The van der Waals surface area contributed by atoms with Crippen LogP contribution in [0.25, 0.3) is 10.8 Å². The van der Waals surface area contributed by atoms with E-state index < -0.39 is 16.1 Å². The molecule has 0 heterocycles. The van der Waals surface area contributed by atoms with Gasteiger partial charge in [0, 0.05) is 11.1 Å². The van der Waals surface area contributed by atoms with Gasteiger partial charge in [-0.1, -0.05) is 75.4 Å². The summed E-state index contributed by atoms with van der Waals surface area (Å²) in [5, 5.41) is 2.44. The van der Waals surface area contributed by atoms with Crippen molar-refractivity contribution in [3.63, 3.8) is 0 Å². The van der Waals surface area contributed by atoms with Crippen LogP contribution in [-0.2, 0) is 0 Å². The molecule has 2 heteroatoms. The van der Waals surface area contributed by atoms with Crippen LogP contribution in [0.1, 0.15) is 11.1 Å². The van der Waals surface area contributed by atoms with Gasteiger partial charge in [0.2, 0.25) is 0 Å². The molecule has 0 fully saturated rings. The molecule has 0 saturated carbocycles. The molecule has 0 nitrogen and oxygen atoms in total. The Morgan fingerprint density at radius 3 is 1.27 bits per heavy atom. The van der Waals surface area contributed by atoms with Gasteiger partial charge in [-0.3, -0.25) is 0 Å². The molecule has 0 N–H and O–H groups in total. The predicted octanol–water partition coefficient (Wildman–Crippen LogP) is 5.30. The topological polar surface area (TPSA) is 0 Å². The maximum atomic E-state index is 3.47. The summed E-state index contributed by atoms with van der Waals surface area (Å²) >= 11 is 0. The third kappa shape index (κ3) is 4.63. The molecule has 0 aromatic heterocycles. The number of hydrogen-bond acceptors (Lipinski definition) is 0. The Morgan fingerprint density at radius 2 is 0.955 bits per heavy atom. The normalized spacial score (nSPS) is 11.4. The zero-order chi connectivity index (χ0) is 16.4. The van der Waals surface area contributed by atoms with Crippen LogP contribution < -0.4 is 0 Å². The number of benzene rings is 2. The van der Waals surface area contributed by atoms with E-state index in [9.17, 15) is 0 Å². The molecule has 2 aromatic carbocycles. The fourth-order valence-electron chi connectivity index (χ4n) is 2.03. The number of hydrogen-bond donors (Lipinski definition) is 0. The van der Waals surface area contributed by atoms with Gasteiger partial charge < -0.3 is 0 Å². The molecule has 0 aliphatic carbocycles. The molecule has 2 aromatic rings. The molecule has 0 spiro atoms. The zero-order valence-electron chi connectivity index (χ0n) is 14.5. The van der Waals surface area contributed by atoms with Gasteiger partial charge in [-0.15, -0.1) is 11.1 Å². The largest absolute Gasteiger partial charge is 0.129 e. The molecular formula is C20H24Si2. The molecule has 0 aliphatic rings. The molecule has 112 valence electrons. The molecule has 2 rings (SSSR count). The molecule has 0 unspecified atom stereocenters. The van der Waals surface area contributed by atoms with Crippen LogP contribution in [0, 0.1) is 22.9 Å². The minimum Gasteiger partial charge on any atom is -0.127 e. The second-order valence-corrected chi connectivity index (χ2v) is 17.2. The first kappa shape index (κ1) is 16.6. The molecule has 0 atom stereocenters. The van der Waals surface area contributed by atoms with Gasteiger partial charge in [0.05, 0.1) is 0 Å². The van der Waals surface area contributed by atoms with E-state index in [1.807, 2.05) is 0 Å². The van der Waals surface area contributed by atoms with Crippen LogP contribution in [0.2, 0.25) is 39.3 Å². The highest BCUT2D eigenvalue weighted by Gasteiger charge is 2.10. The molecule has 0 radical (unpaired) electrons. The Morgan fingerprint density at radius 1 is 0.591 bits per heavy atom. The fourth-order valence-corrected chi connectivity index (χ4v) is 3.05. The van der Waals surface area contributed by atoms with Gasteiger partial charge in [-0.2, -0.15) is 0 Å². The molecule has 22 heavy (non-hydrogen) atoms. The number of fused-ring (bicyclic) bond motifs is 1. The Kier molecular flexibility index (Phi) is 4.66. The average molecular weight is 321 g/mol. The first-order valence-electron chi connectivity index (χ1n) is 7.74. The Balaban J connectivity index is 2.61. The second-order valence-electron chi connectivity index (χ2n) is 7.71. The quantitative estimate of drug-likeness (QED) is 0.456. The van der Waals surface area contributed by atoms with Crippen LogP contribution >= 0.6 is 0 Å². The van der Waals surface area contributed by atoms with Gasteiger partial charge in [-0.25, -0.2) is 0 Å². The fraction of sp³-hybridized carbons (Fsp3) is 0.300. The monoisotopic (exact) mass is 320 g/mol. The van der Waals surface area contributed by atoms with Crippen LogP contribution in [0.5, 0.6) is 0 Å². The lowest BCUT2D eigenvalue weighted by Crippen LogP contribution is -2.16. The van der Waals surface area contributed by atoms with E-state index in [0.717, 1.165) is 11.1 Å². The van der Waals surface area contributed by atoms with E-state index in [-0.39, 0.29) is 0 Å². The Bertz CT molecular complexity index is 740. The van der Waals surface area contributed by atoms with E-state index in [1.165, 1.54) is 10.8 Å². The first-order valence-corrected chi connectivity index (χ1v) is 14.7. The second kappa shape index (κ2) is 6.17. The van der Waals surface area contributed by atoms with Crippen molar-refractivity contribution < 1.29 is 0 Å². The van der Waals surface area contributed by atoms with Crippen LogP contribution in [0.4, 0.5) is 0 Å². The zero-order valence-corrected chi connectivity index (χ0v) is 16.5. The summed E-state index contributed by atoms with van der Waals surface area (Å²) < 4.78 is 0. The summed E-state index contributed by atoms with van der Waals surface area (Å²) in [5.41, 5.74) is 9.18. The van der Waals surface area contributed by atoms with Crippen molar-refractivity contribution in [2.45, 2.75) is 39.3 Å². The van der Waals surface area contributed by atoms with Crippen molar-refractivity contribution in [1.29, 1.82) is 0 Å². The maximum absolute atomic E-state index is 3.47. The Hall–Kier alpha value is -1.75. The van der Waals surface area contributed by atoms with Crippen LogP contribution in [0.3, 0.4) is 0 Å². The minimum absolute atomic E-state index is 1.12. The van der Waals surface area contributed by atoms with Crippen molar-refractivity contribution >= 4 is 26.9 Å². The Labute approximate surface area is 137 Å². The van der Waals surface area contributed by atoms with E-state index in [4.69, 9.17) is 0 Å². The lowest BCUT2D eigenvalue weighted by molar-refractivity contribution is 1.66. The van der Waals surface area contributed by atoms with Crippen molar-refractivity contribution in [1.82, 2.24) is 0 Å². The smallest absolute Gasteiger partial charge is 0.127 e. The van der Waals surface area contributed by atoms with Crippen LogP contribution in [-0.4, -0.2) is 16.1 Å². The first-order chi connectivity index (χ1) is 10.2. The summed E-state index contributed by atoms with van der Waals surface area (Å²) in [6.07, 6.45) is 0. The highest BCUT2D eigenvalue weighted by Crippen LogP contribution is 2.22. The third-order valence-corrected chi connectivity index (χ3v) is 4.82. The molecule has 0 amide bonds. The highest BCUT2D eigenvalue weighted by molar-refractivity contribution is 6.84. The molecule has 0 saturated heterocycles. The predicted molar refractivity (Wildman–Crippen MR) is 104 cm³/mol. The van der Waals surface area contributed by atoms with Crippen molar-refractivity contribution in [2.75, 3.05) is 0 Å². The lowest BCUT2D eigenvalue weighted by Gasteiger charge is -2.07. The van der Waals surface area contributed by atoms with Gasteiger partial charge in [0.1, 0.15) is 16.1 Å². The standard InChI is InChI=1S/C20H24Si2/c1-21(2,3)15-13-17-11-12-18(14-16-22(4,5)6)20-10-8-7-9-19(17)20/h7-12H,1-6H3. The van der Waals surface area contributed by atoms with Crippen molar-refractivity contribution in [3.8, 4) is 22.9 Å². The van der Waals surface area contributed by atoms with E-state index in [0.29, 0.717) is 0 Å². The third-order valence-electron chi connectivity index (χ3n) is 3.07. The van der Waals surface area contributed by atoms with E-state index in [1.54, 1.807) is 0 Å². The lowest BCUT2D eigenvalue weighted by atomic mass is 10.0. The minimum atomic E-state index is -1.36. The highest BCUT2D eigenvalue weighted by atomic mass is 28.3. The summed E-state index contributed by atoms with van der Waals surface area (Å²) in [7, 11) is -2.73. The van der Waals surface area contributed by atoms with Gasteiger partial charge in [0.25, 0.3) is 0 Å². The van der Waals surface area contributed by atoms with E-state index in [2.05, 4.69) is 98.6 Å². The van der Waals surface area contributed by atoms with Crippen molar-refractivity contribution in [3.05, 3.63) is 47.5 Å². The molecular weight excluding hydrogens is 296 g/mol. The summed E-state index contributed by atoms with van der Waals surface area (Å²) in [6, 6.07) is 12.7. The summed E-state index contributed by atoms with van der Waals surface area (Å²) in [6.45, 7) is 13.6. The van der Waals surface area contributed by atoms with E-state index >= 15 is 0 Å². The summed E-state index contributed by atoms with van der Waals surface area (Å²) in [4.78, 5) is 0. The maximum Gasteiger partial charge on any atom is 0.129 e. The van der Waals surface area contributed by atoms with Gasteiger partial charge in [-0.05, 0) is 22.9 Å². The average Bonchev–Trinajstić information content (AvgIpc) is 2.41. The SMILES string of the molecule is C[Si](C)(C)C#Cc1ccc(C#C[Si](C)(C)C)c2ccccc12. The molecule has 0 bridgehead atoms. The number of rotatable bonds is 0. The molecule has 0 aliphatic heterocycles. The van der Waals surface area contributed by atoms with Crippen molar-refractivity contribution in [2.24, 2.45) is 0 Å².